The van der Waals surface area contributed by atoms with Crippen molar-refractivity contribution < 1.29 is 4.79 Å². The highest BCUT2D eigenvalue weighted by molar-refractivity contribution is 6.04. The third-order valence-electron chi connectivity index (χ3n) is 4.17. The van der Waals surface area contributed by atoms with Gasteiger partial charge >= 0.3 is 0 Å². The lowest BCUT2D eigenvalue weighted by atomic mass is 9.83. The summed E-state index contributed by atoms with van der Waals surface area (Å²) in [4.78, 5) is 14.5. The number of anilines is 1. The molecule has 1 aliphatic rings. The van der Waals surface area contributed by atoms with Crippen LogP contribution in [0.15, 0.2) is 48.3 Å². The van der Waals surface area contributed by atoms with Crippen LogP contribution in [0.5, 0.6) is 0 Å². The molecule has 21 heavy (non-hydrogen) atoms. The minimum absolute atomic E-state index is 0.0571. The number of rotatable bonds is 2. The molecule has 0 spiro atoms. The Balaban J connectivity index is 2.04. The van der Waals surface area contributed by atoms with E-state index in [9.17, 15) is 4.79 Å². The lowest BCUT2D eigenvalue weighted by Crippen LogP contribution is -2.24. The molecular weight excluding hydrogens is 262 g/mol. The van der Waals surface area contributed by atoms with Gasteiger partial charge in [0.25, 0.3) is 0 Å². The summed E-state index contributed by atoms with van der Waals surface area (Å²) in [6.45, 7) is 4.29. The number of allylic oxidation sites excluding steroid dienone is 2. The first kappa shape index (κ1) is 13.6. The quantitative estimate of drug-likeness (QED) is 0.627. The molecule has 2 aromatic rings. The van der Waals surface area contributed by atoms with Gasteiger partial charge in [0, 0.05) is 43.2 Å². The number of fused-ring (bicyclic) bond motifs is 1. The Hall–Kier alpha value is -2.36. The van der Waals surface area contributed by atoms with E-state index in [-0.39, 0.29) is 11.2 Å². The maximum Gasteiger partial charge on any atom is 0.207 e. The van der Waals surface area contributed by atoms with Crippen molar-refractivity contribution in [2.75, 3.05) is 11.9 Å². The number of aryl methyl sites for hydroxylation is 1. The van der Waals surface area contributed by atoms with Crippen LogP contribution in [0.2, 0.25) is 0 Å². The van der Waals surface area contributed by atoms with Crippen molar-refractivity contribution in [2.24, 2.45) is 7.05 Å². The zero-order valence-electron chi connectivity index (χ0n) is 12.8. The molecule has 0 atom stereocenters. The second-order valence-electron chi connectivity index (χ2n) is 5.97. The molecule has 3 rings (SSSR count). The Labute approximate surface area is 124 Å². The molecule has 4 heteroatoms. The highest BCUT2D eigenvalue weighted by Crippen LogP contribution is 2.46. The van der Waals surface area contributed by atoms with Crippen LogP contribution in [0, 0.1) is 0 Å². The summed E-state index contributed by atoms with van der Waals surface area (Å²) in [5.74, 6) is -0.0571. The number of para-hydroxylation sites is 1. The predicted molar refractivity (Wildman–Crippen MR) is 83.5 cm³/mol. The second kappa shape index (κ2) is 4.58. The molecule has 0 saturated carbocycles. The molecule has 1 aromatic carbocycles. The predicted octanol–water partition coefficient (Wildman–Crippen LogP) is 2.91. The van der Waals surface area contributed by atoms with Gasteiger partial charge in [-0.05, 0) is 17.7 Å². The van der Waals surface area contributed by atoms with Crippen molar-refractivity contribution in [1.82, 2.24) is 9.78 Å². The SMILES string of the molecule is CN1C(=CC(=O)c2ccn(C)n2)C(C)(C)c2ccccc21. The third kappa shape index (κ3) is 2.07. The van der Waals surface area contributed by atoms with E-state index in [0.717, 1.165) is 11.4 Å². The van der Waals surface area contributed by atoms with Gasteiger partial charge in [-0.3, -0.25) is 9.48 Å². The van der Waals surface area contributed by atoms with Crippen LogP contribution in [-0.2, 0) is 12.5 Å². The fourth-order valence-corrected chi connectivity index (χ4v) is 3.00. The molecule has 0 saturated heterocycles. The largest absolute Gasteiger partial charge is 0.347 e. The zero-order valence-corrected chi connectivity index (χ0v) is 12.8. The molecule has 0 fully saturated rings. The number of benzene rings is 1. The molecule has 0 unspecified atom stereocenters. The number of hydrogen-bond donors (Lipinski definition) is 0. The minimum atomic E-state index is -0.185. The first-order valence-corrected chi connectivity index (χ1v) is 7.00. The highest BCUT2D eigenvalue weighted by Gasteiger charge is 2.38. The summed E-state index contributed by atoms with van der Waals surface area (Å²) in [6.07, 6.45) is 3.49. The number of aromatic nitrogens is 2. The van der Waals surface area contributed by atoms with E-state index in [1.807, 2.05) is 26.2 Å². The van der Waals surface area contributed by atoms with E-state index in [1.54, 1.807) is 23.0 Å². The number of carbonyl (C=O) groups is 1. The zero-order chi connectivity index (χ0) is 15.2. The molecule has 4 nitrogen and oxygen atoms in total. The van der Waals surface area contributed by atoms with Gasteiger partial charge in [-0.25, -0.2) is 0 Å². The van der Waals surface area contributed by atoms with Gasteiger partial charge in [-0.1, -0.05) is 32.0 Å². The van der Waals surface area contributed by atoms with Gasteiger partial charge in [0.2, 0.25) is 5.78 Å². The van der Waals surface area contributed by atoms with E-state index in [0.29, 0.717) is 5.69 Å². The van der Waals surface area contributed by atoms with Crippen molar-refractivity contribution in [3.63, 3.8) is 0 Å². The fraction of sp³-hybridized carbons (Fsp3) is 0.294. The van der Waals surface area contributed by atoms with Crippen molar-refractivity contribution in [2.45, 2.75) is 19.3 Å². The Bertz CT molecular complexity index is 740. The summed E-state index contributed by atoms with van der Waals surface area (Å²) in [5, 5.41) is 4.18. The summed E-state index contributed by atoms with van der Waals surface area (Å²) >= 11 is 0. The normalized spacial score (nSPS) is 18.1. The van der Waals surface area contributed by atoms with Crippen LogP contribution in [0.4, 0.5) is 5.69 Å². The molecule has 0 radical (unpaired) electrons. The second-order valence-corrected chi connectivity index (χ2v) is 5.97. The lowest BCUT2D eigenvalue weighted by molar-refractivity contribution is 0.104. The minimum Gasteiger partial charge on any atom is -0.347 e. The molecule has 108 valence electrons. The molecule has 1 aromatic heterocycles. The number of ketones is 1. The van der Waals surface area contributed by atoms with E-state index < -0.39 is 0 Å². The fourth-order valence-electron chi connectivity index (χ4n) is 3.00. The summed E-state index contributed by atoms with van der Waals surface area (Å²) < 4.78 is 1.64. The van der Waals surface area contributed by atoms with E-state index in [1.165, 1.54) is 5.56 Å². The van der Waals surface area contributed by atoms with Crippen LogP contribution in [-0.4, -0.2) is 22.6 Å². The Morgan fingerprint density at radius 1 is 1.19 bits per heavy atom. The van der Waals surface area contributed by atoms with Crippen LogP contribution >= 0.6 is 0 Å². The molecule has 0 amide bonds. The molecule has 1 aliphatic heterocycles. The monoisotopic (exact) mass is 281 g/mol. The molecule has 0 N–H and O–H groups in total. The van der Waals surface area contributed by atoms with Crippen LogP contribution in [0.1, 0.15) is 29.9 Å². The Kier molecular flexibility index (Phi) is 2.97. The van der Waals surface area contributed by atoms with Crippen LogP contribution in [0.3, 0.4) is 0 Å². The van der Waals surface area contributed by atoms with Gasteiger partial charge in [0.05, 0.1) is 0 Å². The maximum absolute atomic E-state index is 12.4. The van der Waals surface area contributed by atoms with Gasteiger partial charge in [0.15, 0.2) is 0 Å². The molecule has 2 heterocycles. The Morgan fingerprint density at radius 2 is 1.90 bits per heavy atom. The first-order chi connectivity index (χ1) is 9.91. The standard InChI is InChI=1S/C17H19N3O/c1-17(2)12-7-5-6-8-14(12)20(4)16(17)11-15(21)13-9-10-19(3)18-13/h5-11H,1-4H3. The van der Waals surface area contributed by atoms with Crippen molar-refractivity contribution in [1.29, 1.82) is 0 Å². The molecule has 0 aliphatic carbocycles. The number of nitrogens with zero attached hydrogens (tertiary/aromatic N) is 3. The summed E-state index contributed by atoms with van der Waals surface area (Å²) in [7, 11) is 3.82. The summed E-state index contributed by atoms with van der Waals surface area (Å²) in [5.41, 5.74) is 3.69. The summed E-state index contributed by atoms with van der Waals surface area (Å²) in [6, 6.07) is 10.0. The van der Waals surface area contributed by atoms with Gasteiger partial charge < -0.3 is 4.90 Å². The maximum atomic E-state index is 12.4. The van der Waals surface area contributed by atoms with E-state index in [4.69, 9.17) is 0 Å². The van der Waals surface area contributed by atoms with Gasteiger partial charge in [-0.2, -0.15) is 5.10 Å². The van der Waals surface area contributed by atoms with Crippen molar-refractivity contribution in [3.05, 3.63) is 59.6 Å². The number of carbonyl (C=O) groups excluding carboxylic acids is 1. The van der Waals surface area contributed by atoms with Gasteiger partial charge in [-0.15, -0.1) is 0 Å². The first-order valence-electron chi connectivity index (χ1n) is 7.00. The lowest BCUT2D eigenvalue weighted by Gasteiger charge is -2.23. The van der Waals surface area contributed by atoms with Crippen LogP contribution < -0.4 is 4.90 Å². The topological polar surface area (TPSA) is 38.1 Å². The molecular formula is C17H19N3O. The van der Waals surface area contributed by atoms with Crippen molar-refractivity contribution in [3.8, 4) is 0 Å². The van der Waals surface area contributed by atoms with Crippen molar-refractivity contribution >= 4 is 11.5 Å². The number of likely N-dealkylation sites (N-methyl/N-ethyl adjacent to an activating group) is 1. The number of hydrogen-bond acceptors (Lipinski definition) is 3. The average molecular weight is 281 g/mol. The highest BCUT2D eigenvalue weighted by atomic mass is 16.1. The Morgan fingerprint density at radius 3 is 2.52 bits per heavy atom. The van der Waals surface area contributed by atoms with E-state index in [2.05, 4.69) is 36.0 Å². The third-order valence-corrected chi connectivity index (χ3v) is 4.17. The molecule has 0 bridgehead atoms. The van der Waals surface area contributed by atoms with Gasteiger partial charge in [0.1, 0.15) is 5.69 Å². The smallest absolute Gasteiger partial charge is 0.207 e. The van der Waals surface area contributed by atoms with Crippen LogP contribution in [0.25, 0.3) is 0 Å². The average Bonchev–Trinajstić information content (AvgIpc) is 2.96. The van der Waals surface area contributed by atoms with E-state index >= 15 is 0 Å².